The highest BCUT2D eigenvalue weighted by molar-refractivity contribution is 9.09. The molecule has 104 valence electrons. The summed E-state index contributed by atoms with van der Waals surface area (Å²) in [4.78, 5) is 14.3. The lowest BCUT2D eigenvalue weighted by atomic mass is 10.2. The zero-order valence-electron chi connectivity index (χ0n) is 10.8. The van der Waals surface area contributed by atoms with Gasteiger partial charge in [0.25, 0.3) is 0 Å². The summed E-state index contributed by atoms with van der Waals surface area (Å²) in [5, 5.41) is 3.89. The van der Waals surface area contributed by atoms with Crippen LogP contribution >= 0.6 is 15.9 Å². The smallest absolute Gasteiger partial charge is 0.324 e. The highest BCUT2D eigenvalue weighted by Crippen LogP contribution is 2.09. The Labute approximate surface area is 122 Å². The van der Waals surface area contributed by atoms with Crippen molar-refractivity contribution < 1.29 is 9.53 Å². The summed E-state index contributed by atoms with van der Waals surface area (Å²) in [5.41, 5.74) is 1.02. The zero-order valence-corrected chi connectivity index (χ0v) is 12.4. The molecule has 1 unspecified atom stereocenters. The van der Waals surface area contributed by atoms with Crippen molar-refractivity contribution in [3.05, 3.63) is 35.9 Å². The Balaban J connectivity index is 1.86. The van der Waals surface area contributed by atoms with Crippen LogP contribution in [0, 0.1) is 0 Å². The quantitative estimate of drug-likeness (QED) is 0.656. The minimum Gasteiger partial charge on any atom is -0.460 e. The normalized spacial score (nSPS) is 17.9. The van der Waals surface area contributed by atoms with Gasteiger partial charge in [0.1, 0.15) is 12.6 Å². The molecule has 1 atom stereocenters. The van der Waals surface area contributed by atoms with Gasteiger partial charge in [0.15, 0.2) is 0 Å². The number of esters is 1. The van der Waals surface area contributed by atoms with E-state index >= 15 is 0 Å². The van der Waals surface area contributed by atoms with E-state index in [1.807, 2.05) is 30.3 Å². The average molecular weight is 327 g/mol. The van der Waals surface area contributed by atoms with Crippen molar-refractivity contribution in [3.8, 4) is 0 Å². The Kier molecular flexibility index (Phi) is 5.82. The van der Waals surface area contributed by atoms with Gasteiger partial charge >= 0.3 is 5.97 Å². The number of carbonyl (C=O) groups is 1. The molecule has 5 heteroatoms. The fourth-order valence-corrected chi connectivity index (χ4v) is 2.80. The molecule has 0 amide bonds. The van der Waals surface area contributed by atoms with Crippen LogP contribution in [0.5, 0.6) is 0 Å². The summed E-state index contributed by atoms with van der Waals surface area (Å²) in [7, 11) is 0. The van der Waals surface area contributed by atoms with Crippen LogP contribution in [0.3, 0.4) is 0 Å². The van der Waals surface area contributed by atoms with E-state index < -0.39 is 0 Å². The van der Waals surface area contributed by atoms with Gasteiger partial charge in [0, 0.05) is 31.5 Å². The summed E-state index contributed by atoms with van der Waals surface area (Å²) in [5.74, 6) is -0.150. The van der Waals surface area contributed by atoms with Crippen molar-refractivity contribution >= 4 is 21.9 Å². The summed E-state index contributed by atoms with van der Waals surface area (Å²) in [6.45, 7) is 3.97. The highest BCUT2D eigenvalue weighted by Gasteiger charge is 2.27. The average Bonchev–Trinajstić information content (AvgIpc) is 2.48. The van der Waals surface area contributed by atoms with Crippen molar-refractivity contribution in [1.29, 1.82) is 0 Å². The van der Waals surface area contributed by atoms with Crippen LogP contribution in [0.2, 0.25) is 0 Å². The molecule has 19 heavy (non-hydrogen) atoms. The molecule has 1 aromatic carbocycles. The third kappa shape index (κ3) is 4.30. The first-order valence-electron chi connectivity index (χ1n) is 6.52. The number of piperazine rings is 1. The number of alkyl halides is 1. The standard InChI is InChI=1S/C14H19BrN2O2/c15-10-13(17-8-6-16-7-9-17)14(18)19-11-12-4-2-1-3-5-12/h1-5,13,16H,6-11H2. The van der Waals surface area contributed by atoms with Gasteiger partial charge in [-0.1, -0.05) is 46.3 Å². The molecule has 2 rings (SSSR count). The van der Waals surface area contributed by atoms with Gasteiger partial charge in [0.2, 0.25) is 0 Å². The SMILES string of the molecule is O=C(OCc1ccccc1)C(CBr)N1CCNCC1. The van der Waals surface area contributed by atoms with Crippen LogP contribution in [-0.2, 0) is 16.1 Å². The van der Waals surface area contributed by atoms with Gasteiger partial charge in [-0.25, -0.2) is 0 Å². The van der Waals surface area contributed by atoms with E-state index in [4.69, 9.17) is 4.74 Å². The van der Waals surface area contributed by atoms with Gasteiger partial charge in [-0.3, -0.25) is 9.69 Å². The van der Waals surface area contributed by atoms with E-state index in [1.54, 1.807) is 0 Å². The summed E-state index contributed by atoms with van der Waals surface area (Å²) < 4.78 is 5.40. The molecule has 0 bridgehead atoms. The molecule has 0 aliphatic carbocycles. The van der Waals surface area contributed by atoms with E-state index in [9.17, 15) is 4.79 Å². The van der Waals surface area contributed by atoms with Gasteiger partial charge in [-0.05, 0) is 5.56 Å². The topological polar surface area (TPSA) is 41.6 Å². The van der Waals surface area contributed by atoms with Crippen LogP contribution in [0.25, 0.3) is 0 Å². The number of benzene rings is 1. The number of rotatable bonds is 5. The summed E-state index contributed by atoms with van der Waals surface area (Å²) in [6, 6.07) is 9.57. The second-order valence-corrected chi connectivity index (χ2v) is 5.20. The number of halogens is 1. The van der Waals surface area contributed by atoms with Gasteiger partial charge in [0.05, 0.1) is 0 Å². The Hall–Kier alpha value is -0.910. The van der Waals surface area contributed by atoms with E-state index in [2.05, 4.69) is 26.1 Å². The number of carbonyl (C=O) groups excluding carboxylic acids is 1. The first-order chi connectivity index (χ1) is 9.31. The van der Waals surface area contributed by atoms with Crippen LogP contribution < -0.4 is 5.32 Å². The minimum absolute atomic E-state index is 0.150. The maximum Gasteiger partial charge on any atom is 0.324 e. The fraction of sp³-hybridized carbons (Fsp3) is 0.500. The maximum absolute atomic E-state index is 12.1. The molecular weight excluding hydrogens is 308 g/mol. The van der Waals surface area contributed by atoms with Crippen molar-refractivity contribution in [3.63, 3.8) is 0 Å². The lowest BCUT2D eigenvalue weighted by Crippen LogP contribution is -2.52. The third-order valence-electron chi connectivity index (χ3n) is 3.23. The lowest BCUT2D eigenvalue weighted by molar-refractivity contribution is -0.150. The maximum atomic E-state index is 12.1. The van der Waals surface area contributed by atoms with E-state index in [0.29, 0.717) is 11.9 Å². The van der Waals surface area contributed by atoms with Crippen LogP contribution in [0.15, 0.2) is 30.3 Å². The molecule has 1 fully saturated rings. The molecule has 0 aromatic heterocycles. The van der Waals surface area contributed by atoms with Crippen molar-refractivity contribution in [2.24, 2.45) is 0 Å². The number of nitrogens with zero attached hydrogens (tertiary/aromatic N) is 1. The molecule has 0 spiro atoms. The van der Waals surface area contributed by atoms with Crippen molar-refractivity contribution in [1.82, 2.24) is 10.2 Å². The van der Waals surface area contributed by atoms with E-state index in [0.717, 1.165) is 31.7 Å². The Morgan fingerprint density at radius 2 is 2.00 bits per heavy atom. The summed E-state index contributed by atoms with van der Waals surface area (Å²) >= 11 is 3.42. The Morgan fingerprint density at radius 3 is 2.63 bits per heavy atom. The molecule has 1 aromatic rings. The number of nitrogens with one attached hydrogen (secondary N) is 1. The molecule has 0 saturated carbocycles. The monoisotopic (exact) mass is 326 g/mol. The third-order valence-corrected chi connectivity index (χ3v) is 3.85. The second-order valence-electron chi connectivity index (χ2n) is 4.55. The van der Waals surface area contributed by atoms with Crippen molar-refractivity contribution in [2.75, 3.05) is 31.5 Å². The predicted molar refractivity (Wildman–Crippen MR) is 78.3 cm³/mol. The number of ether oxygens (including phenoxy) is 1. The van der Waals surface area contributed by atoms with E-state index in [-0.39, 0.29) is 12.0 Å². The molecular formula is C14H19BrN2O2. The molecule has 1 N–H and O–H groups in total. The number of hydrogen-bond donors (Lipinski definition) is 1. The van der Waals surface area contributed by atoms with Crippen LogP contribution in [0.4, 0.5) is 0 Å². The van der Waals surface area contributed by atoms with Gasteiger partial charge in [-0.2, -0.15) is 0 Å². The van der Waals surface area contributed by atoms with Crippen molar-refractivity contribution in [2.45, 2.75) is 12.6 Å². The molecule has 4 nitrogen and oxygen atoms in total. The van der Waals surface area contributed by atoms with Crippen LogP contribution in [-0.4, -0.2) is 48.4 Å². The number of hydrogen-bond acceptors (Lipinski definition) is 4. The molecule has 1 aliphatic rings. The molecule has 0 radical (unpaired) electrons. The Bertz CT molecular complexity index is 394. The fourth-order valence-electron chi connectivity index (χ4n) is 2.13. The molecule has 1 heterocycles. The molecule has 1 aliphatic heterocycles. The predicted octanol–water partition coefficient (Wildman–Crippen LogP) is 1.40. The van der Waals surface area contributed by atoms with E-state index in [1.165, 1.54) is 0 Å². The van der Waals surface area contributed by atoms with Gasteiger partial charge in [-0.15, -0.1) is 0 Å². The van der Waals surface area contributed by atoms with Crippen LogP contribution in [0.1, 0.15) is 5.56 Å². The molecule has 1 saturated heterocycles. The lowest BCUT2D eigenvalue weighted by Gasteiger charge is -2.32. The second kappa shape index (κ2) is 7.62. The highest BCUT2D eigenvalue weighted by atomic mass is 79.9. The summed E-state index contributed by atoms with van der Waals surface area (Å²) in [6.07, 6.45) is 0. The first kappa shape index (κ1) is 14.5. The Morgan fingerprint density at radius 1 is 1.32 bits per heavy atom. The van der Waals surface area contributed by atoms with Gasteiger partial charge < -0.3 is 10.1 Å². The largest absolute Gasteiger partial charge is 0.460 e. The minimum atomic E-state index is -0.189. The zero-order chi connectivity index (χ0) is 13.5. The first-order valence-corrected chi connectivity index (χ1v) is 7.64.